The molecule has 3 aromatic rings. The zero-order valence-corrected chi connectivity index (χ0v) is 16.4. The second-order valence-corrected chi connectivity index (χ2v) is 8.59. The summed E-state index contributed by atoms with van der Waals surface area (Å²) in [7, 11) is -2.44. The van der Waals surface area contributed by atoms with Gasteiger partial charge in [0, 0.05) is 22.8 Å². The Hall–Kier alpha value is -2.41. The Morgan fingerprint density at radius 3 is 2.30 bits per heavy atom. The summed E-state index contributed by atoms with van der Waals surface area (Å²) in [6.07, 6.45) is 0. The molecule has 0 spiro atoms. The van der Waals surface area contributed by atoms with E-state index in [1.165, 1.54) is 19.2 Å². The van der Waals surface area contributed by atoms with E-state index in [-0.39, 0.29) is 4.90 Å². The molecule has 3 aromatic carbocycles. The molecular weight excluding hydrogens is 386 g/mol. The van der Waals surface area contributed by atoms with Gasteiger partial charge in [-0.05, 0) is 31.2 Å². The summed E-state index contributed by atoms with van der Waals surface area (Å²) in [4.78, 5) is 12.4. The third-order valence-corrected chi connectivity index (χ3v) is 6.28. The highest BCUT2D eigenvalue weighted by molar-refractivity contribution is 7.89. The molecule has 5 nitrogen and oxygen atoms in total. The number of aryl methyl sites for hydroxylation is 1. The van der Waals surface area contributed by atoms with Gasteiger partial charge >= 0.3 is 5.97 Å². The Bertz CT molecular complexity index is 1090. The molecule has 0 fully saturated rings. The van der Waals surface area contributed by atoms with E-state index in [4.69, 9.17) is 16.3 Å². The molecule has 140 valence electrons. The number of benzene rings is 3. The molecule has 0 heterocycles. The Morgan fingerprint density at radius 2 is 1.63 bits per heavy atom. The zero-order chi connectivity index (χ0) is 19.6. The third-order valence-electron chi connectivity index (χ3n) is 4.14. The van der Waals surface area contributed by atoms with Crippen molar-refractivity contribution in [2.45, 2.75) is 11.8 Å². The molecule has 7 heteroatoms. The fourth-order valence-electron chi connectivity index (χ4n) is 2.64. The fourth-order valence-corrected chi connectivity index (χ4v) is 3.98. The van der Waals surface area contributed by atoms with Crippen LogP contribution < -0.4 is 4.74 Å². The minimum absolute atomic E-state index is 0.125. The van der Waals surface area contributed by atoms with Crippen LogP contribution in [-0.2, 0) is 14.8 Å². The lowest BCUT2D eigenvalue weighted by Crippen LogP contribution is -2.34. The fraction of sp³-hybridized carbons (Fsp3) is 0.150. The first-order chi connectivity index (χ1) is 12.8. The van der Waals surface area contributed by atoms with Gasteiger partial charge in [0.05, 0.1) is 4.90 Å². The number of fused-ring (bicyclic) bond motifs is 1. The Kier molecular flexibility index (Phi) is 5.51. The zero-order valence-electron chi connectivity index (χ0n) is 14.8. The number of carbonyl (C=O) groups is 1. The normalized spacial score (nSPS) is 11.7. The summed E-state index contributed by atoms with van der Waals surface area (Å²) in [5.41, 5.74) is 0.950. The summed E-state index contributed by atoms with van der Waals surface area (Å²) >= 11 is 6.16. The SMILES string of the molecule is Cc1ccc(S(=O)(=O)N(C)CC(=O)Oc2ccc(Cl)c3ccccc23)cc1. The largest absolute Gasteiger partial charge is 0.425 e. The highest BCUT2D eigenvalue weighted by Gasteiger charge is 2.24. The van der Waals surface area contributed by atoms with Crippen LogP contribution in [0.5, 0.6) is 5.75 Å². The van der Waals surface area contributed by atoms with Gasteiger partial charge in [-0.1, -0.05) is 53.6 Å². The Labute approximate surface area is 163 Å². The maximum Gasteiger partial charge on any atom is 0.326 e. The molecule has 0 bridgehead atoms. The summed E-state index contributed by atoms with van der Waals surface area (Å²) < 4.78 is 31.5. The van der Waals surface area contributed by atoms with Crippen molar-refractivity contribution >= 4 is 38.4 Å². The van der Waals surface area contributed by atoms with Gasteiger partial charge in [0.15, 0.2) is 0 Å². The van der Waals surface area contributed by atoms with Crippen molar-refractivity contribution in [2.24, 2.45) is 0 Å². The van der Waals surface area contributed by atoms with E-state index in [0.29, 0.717) is 16.2 Å². The molecule has 3 rings (SSSR count). The molecule has 0 atom stereocenters. The minimum Gasteiger partial charge on any atom is -0.425 e. The molecule has 0 aliphatic heterocycles. The first-order valence-electron chi connectivity index (χ1n) is 8.20. The van der Waals surface area contributed by atoms with E-state index in [0.717, 1.165) is 15.3 Å². The number of carbonyl (C=O) groups excluding carboxylic acids is 1. The van der Waals surface area contributed by atoms with Crippen molar-refractivity contribution in [3.63, 3.8) is 0 Å². The second kappa shape index (κ2) is 7.68. The van der Waals surface area contributed by atoms with Gasteiger partial charge in [0.2, 0.25) is 10.0 Å². The summed E-state index contributed by atoms with van der Waals surface area (Å²) in [5.74, 6) is -0.346. The van der Waals surface area contributed by atoms with Crippen LogP contribution in [0, 0.1) is 6.92 Å². The number of halogens is 1. The number of ether oxygens (including phenoxy) is 1. The Balaban J connectivity index is 1.78. The predicted molar refractivity (Wildman–Crippen MR) is 106 cm³/mol. The molecule has 0 aromatic heterocycles. The average Bonchev–Trinajstić information content (AvgIpc) is 2.64. The number of esters is 1. The van der Waals surface area contributed by atoms with Crippen LogP contribution in [0.2, 0.25) is 5.02 Å². The smallest absolute Gasteiger partial charge is 0.326 e. The van der Waals surface area contributed by atoms with Crippen molar-refractivity contribution in [3.05, 3.63) is 71.2 Å². The monoisotopic (exact) mass is 403 g/mol. The topological polar surface area (TPSA) is 63.7 Å². The van der Waals surface area contributed by atoms with Crippen molar-refractivity contribution in [3.8, 4) is 5.75 Å². The van der Waals surface area contributed by atoms with Crippen molar-refractivity contribution in [1.29, 1.82) is 0 Å². The second-order valence-electron chi connectivity index (χ2n) is 6.14. The van der Waals surface area contributed by atoms with E-state index < -0.39 is 22.5 Å². The third kappa shape index (κ3) is 4.13. The van der Waals surface area contributed by atoms with Gasteiger partial charge in [-0.2, -0.15) is 4.31 Å². The predicted octanol–water partition coefficient (Wildman–Crippen LogP) is 4.03. The highest BCUT2D eigenvalue weighted by Crippen LogP contribution is 2.31. The van der Waals surface area contributed by atoms with Crippen LogP contribution in [0.1, 0.15) is 5.56 Å². The van der Waals surface area contributed by atoms with Gasteiger partial charge in [0.1, 0.15) is 12.3 Å². The molecule has 0 unspecified atom stereocenters. The maximum absolute atomic E-state index is 12.6. The van der Waals surface area contributed by atoms with E-state index in [1.807, 2.05) is 25.1 Å². The number of hydrogen-bond acceptors (Lipinski definition) is 4. The van der Waals surface area contributed by atoms with Gasteiger partial charge in [-0.25, -0.2) is 8.42 Å². The number of rotatable bonds is 5. The first kappa shape index (κ1) is 19.4. The van der Waals surface area contributed by atoms with Gasteiger partial charge in [-0.3, -0.25) is 4.79 Å². The quantitative estimate of drug-likeness (QED) is 0.476. The summed E-state index contributed by atoms with van der Waals surface area (Å²) in [6.45, 7) is 1.46. The molecule has 0 aliphatic rings. The number of hydrogen-bond donors (Lipinski definition) is 0. The van der Waals surface area contributed by atoms with Crippen LogP contribution in [0.25, 0.3) is 10.8 Å². The molecule has 0 aliphatic carbocycles. The molecule has 0 saturated carbocycles. The molecule has 0 N–H and O–H groups in total. The number of sulfonamides is 1. The lowest BCUT2D eigenvalue weighted by molar-refractivity contribution is -0.134. The van der Waals surface area contributed by atoms with Gasteiger partial charge < -0.3 is 4.74 Å². The molecule has 0 amide bonds. The minimum atomic E-state index is -3.78. The first-order valence-corrected chi connectivity index (χ1v) is 10.0. The summed E-state index contributed by atoms with van der Waals surface area (Å²) in [6, 6.07) is 16.9. The van der Waals surface area contributed by atoms with E-state index in [9.17, 15) is 13.2 Å². The van der Waals surface area contributed by atoms with Crippen LogP contribution in [0.15, 0.2) is 65.6 Å². The van der Waals surface area contributed by atoms with E-state index in [1.54, 1.807) is 30.3 Å². The maximum atomic E-state index is 12.6. The lowest BCUT2D eigenvalue weighted by atomic mass is 10.1. The molecule has 0 saturated heterocycles. The van der Waals surface area contributed by atoms with Gasteiger partial charge in [-0.15, -0.1) is 0 Å². The van der Waals surface area contributed by atoms with Gasteiger partial charge in [0.25, 0.3) is 0 Å². The van der Waals surface area contributed by atoms with E-state index >= 15 is 0 Å². The highest BCUT2D eigenvalue weighted by atomic mass is 35.5. The molecule has 0 radical (unpaired) electrons. The Morgan fingerprint density at radius 1 is 1.00 bits per heavy atom. The van der Waals surface area contributed by atoms with E-state index in [2.05, 4.69) is 0 Å². The van der Waals surface area contributed by atoms with Crippen molar-refractivity contribution in [2.75, 3.05) is 13.6 Å². The summed E-state index contributed by atoms with van der Waals surface area (Å²) in [5, 5.41) is 1.98. The van der Waals surface area contributed by atoms with Crippen LogP contribution >= 0.6 is 11.6 Å². The number of likely N-dealkylation sites (N-methyl/N-ethyl adjacent to an activating group) is 1. The van der Waals surface area contributed by atoms with Crippen LogP contribution in [-0.4, -0.2) is 32.3 Å². The standard InChI is InChI=1S/C20H18ClNO4S/c1-14-7-9-15(10-8-14)27(24,25)22(2)13-20(23)26-19-12-11-18(21)16-5-3-4-6-17(16)19/h3-12H,13H2,1-2H3. The number of nitrogens with zero attached hydrogens (tertiary/aromatic N) is 1. The molecule has 27 heavy (non-hydrogen) atoms. The lowest BCUT2D eigenvalue weighted by Gasteiger charge is -2.17. The van der Waals surface area contributed by atoms with Crippen LogP contribution in [0.3, 0.4) is 0 Å². The van der Waals surface area contributed by atoms with Crippen molar-refractivity contribution in [1.82, 2.24) is 4.31 Å². The van der Waals surface area contributed by atoms with Crippen LogP contribution in [0.4, 0.5) is 0 Å². The average molecular weight is 404 g/mol. The molecular formula is C20H18ClNO4S. The van der Waals surface area contributed by atoms with Crippen molar-refractivity contribution < 1.29 is 17.9 Å².